The molecule has 2 aromatic carbocycles. The SMILES string of the molecule is COC(=O)c1ccc(Cl)cc1Br.Cc1c(Cl)ccc(C(=O)O)c1Br. The summed E-state index contributed by atoms with van der Waals surface area (Å²) in [6, 6.07) is 7.94. The Bertz CT molecular complexity index is 779. The normalized spacial score (nSPS) is 9.75. The molecule has 0 fully saturated rings. The van der Waals surface area contributed by atoms with Gasteiger partial charge in [-0.05, 0) is 74.7 Å². The second-order valence-corrected chi connectivity index (χ2v) is 6.95. The van der Waals surface area contributed by atoms with E-state index in [2.05, 4.69) is 36.6 Å². The molecule has 0 saturated carbocycles. The molecule has 0 bridgehead atoms. The van der Waals surface area contributed by atoms with Crippen LogP contribution in [-0.2, 0) is 4.74 Å². The topological polar surface area (TPSA) is 63.6 Å². The maximum atomic E-state index is 11.1. The quantitative estimate of drug-likeness (QED) is 0.516. The molecule has 0 aliphatic carbocycles. The predicted octanol–water partition coefficient (Wildman–Crippen LogP) is 6.00. The van der Waals surface area contributed by atoms with E-state index in [4.69, 9.17) is 28.3 Å². The Labute approximate surface area is 166 Å². The van der Waals surface area contributed by atoms with Gasteiger partial charge in [0.05, 0.1) is 18.2 Å². The van der Waals surface area contributed by atoms with E-state index in [0.717, 1.165) is 5.56 Å². The summed E-state index contributed by atoms with van der Waals surface area (Å²) in [6.07, 6.45) is 0. The van der Waals surface area contributed by atoms with Crippen molar-refractivity contribution in [2.45, 2.75) is 6.92 Å². The number of carboxylic acid groups (broad SMARTS) is 1. The molecule has 0 heterocycles. The number of methoxy groups -OCH3 is 1. The standard InChI is InChI=1S/2C8H6BrClO2/c1-12-8(11)6-3-2-5(10)4-7(6)9;1-4-6(10)3-2-5(7(4)9)8(11)12/h2-4H,1H3;2-3H,1H3,(H,11,12). The fourth-order valence-corrected chi connectivity index (χ4v) is 3.22. The molecule has 0 unspecified atom stereocenters. The summed E-state index contributed by atoms with van der Waals surface area (Å²) < 4.78 is 5.73. The summed E-state index contributed by atoms with van der Waals surface area (Å²) in [5.74, 6) is -1.33. The second-order valence-electron chi connectivity index (χ2n) is 4.45. The lowest BCUT2D eigenvalue weighted by Gasteiger charge is -2.03. The highest BCUT2D eigenvalue weighted by atomic mass is 79.9. The van der Waals surface area contributed by atoms with Gasteiger partial charge in [0.25, 0.3) is 0 Å². The summed E-state index contributed by atoms with van der Waals surface area (Å²) in [5, 5.41) is 9.85. The predicted molar refractivity (Wildman–Crippen MR) is 101 cm³/mol. The Morgan fingerprint density at radius 1 is 1.08 bits per heavy atom. The van der Waals surface area contributed by atoms with Crippen LogP contribution in [0.2, 0.25) is 10.0 Å². The monoisotopic (exact) mass is 496 g/mol. The molecule has 8 heteroatoms. The first kappa shape index (κ1) is 21.0. The van der Waals surface area contributed by atoms with Crippen LogP contribution in [0, 0.1) is 6.92 Å². The fourth-order valence-electron chi connectivity index (χ4n) is 1.59. The first-order chi connectivity index (χ1) is 11.2. The van der Waals surface area contributed by atoms with Crippen LogP contribution in [0.4, 0.5) is 0 Å². The van der Waals surface area contributed by atoms with Crippen molar-refractivity contribution in [3.63, 3.8) is 0 Å². The maximum Gasteiger partial charge on any atom is 0.339 e. The fraction of sp³-hybridized carbons (Fsp3) is 0.125. The van der Waals surface area contributed by atoms with E-state index in [1.165, 1.54) is 13.2 Å². The summed E-state index contributed by atoms with van der Waals surface area (Å²) in [4.78, 5) is 21.7. The lowest BCUT2D eigenvalue weighted by atomic mass is 10.1. The molecule has 0 spiro atoms. The van der Waals surface area contributed by atoms with E-state index in [9.17, 15) is 9.59 Å². The summed E-state index contributed by atoms with van der Waals surface area (Å²) in [6.45, 7) is 1.76. The molecule has 128 valence electrons. The highest BCUT2D eigenvalue weighted by Crippen LogP contribution is 2.27. The van der Waals surface area contributed by atoms with Crippen LogP contribution in [0.15, 0.2) is 39.3 Å². The largest absolute Gasteiger partial charge is 0.478 e. The van der Waals surface area contributed by atoms with Crippen molar-refractivity contribution < 1.29 is 19.4 Å². The summed E-state index contributed by atoms with van der Waals surface area (Å²) in [5.41, 5.74) is 1.45. The molecular formula is C16H12Br2Cl2O4. The van der Waals surface area contributed by atoms with Gasteiger partial charge in [-0.2, -0.15) is 0 Å². The van der Waals surface area contributed by atoms with Crippen molar-refractivity contribution in [2.24, 2.45) is 0 Å². The minimum Gasteiger partial charge on any atom is -0.478 e. The van der Waals surface area contributed by atoms with Crippen LogP contribution in [0.5, 0.6) is 0 Å². The van der Waals surface area contributed by atoms with E-state index in [-0.39, 0.29) is 11.5 Å². The first-order valence-corrected chi connectivity index (χ1v) is 8.74. The minimum absolute atomic E-state index is 0.233. The van der Waals surface area contributed by atoms with Crippen molar-refractivity contribution in [1.82, 2.24) is 0 Å². The smallest absolute Gasteiger partial charge is 0.339 e. The van der Waals surface area contributed by atoms with Crippen LogP contribution in [0.1, 0.15) is 26.3 Å². The lowest BCUT2D eigenvalue weighted by Crippen LogP contribution is -2.01. The van der Waals surface area contributed by atoms with Gasteiger partial charge in [0.15, 0.2) is 0 Å². The Morgan fingerprint density at radius 3 is 2.17 bits per heavy atom. The van der Waals surface area contributed by atoms with Gasteiger partial charge in [0.2, 0.25) is 0 Å². The number of hydrogen-bond acceptors (Lipinski definition) is 3. The van der Waals surface area contributed by atoms with Crippen LogP contribution in [-0.4, -0.2) is 24.2 Å². The van der Waals surface area contributed by atoms with E-state index in [0.29, 0.717) is 24.6 Å². The minimum atomic E-state index is -0.957. The molecule has 0 aliphatic heterocycles. The first-order valence-electron chi connectivity index (χ1n) is 6.40. The average molecular weight is 499 g/mol. The van der Waals surface area contributed by atoms with Gasteiger partial charge < -0.3 is 9.84 Å². The number of ether oxygens (including phenoxy) is 1. The highest BCUT2D eigenvalue weighted by Gasteiger charge is 2.11. The van der Waals surface area contributed by atoms with Gasteiger partial charge in [-0.15, -0.1) is 0 Å². The van der Waals surface area contributed by atoms with Crippen LogP contribution in [0.25, 0.3) is 0 Å². The summed E-state index contributed by atoms with van der Waals surface area (Å²) in [7, 11) is 1.34. The molecule has 0 radical (unpaired) electrons. The van der Waals surface area contributed by atoms with Crippen molar-refractivity contribution in [3.8, 4) is 0 Å². The van der Waals surface area contributed by atoms with Gasteiger partial charge in [0, 0.05) is 19.0 Å². The zero-order valence-electron chi connectivity index (χ0n) is 12.6. The van der Waals surface area contributed by atoms with Crippen molar-refractivity contribution in [2.75, 3.05) is 7.11 Å². The maximum absolute atomic E-state index is 11.1. The number of carbonyl (C=O) groups excluding carboxylic acids is 1. The number of halogens is 4. The number of aromatic carboxylic acids is 1. The number of benzene rings is 2. The molecular weight excluding hydrogens is 487 g/mol. The third-order valence-electron chi connectivity index (χ3n) is 2.89. The van der Waals surface area contributed by atoms with Crippen LogP contribution >= 0.6 is 55.1 Å². The molecule has 1 N–H and O–H groups in total. The Balaban J connectivity index is 0.000000240. The van der Waals surface area contributed by atoms with E-state index >= 15 is 0 Å². The second kappa shape index (κ2) is 9.42. The number of esters is 1. The molecule has 0 amide bonds. The zero-order chi connectivity index (χ0) is 18.4. The molecule has 2 rings (SSSR count). The highest BCUT2D eigenvalue weighted by molar-refractivity contribution is 9.10. The molecule has 0 aliphatic rings. The Hall–Kier alpha value is -1.08. The molecule has 0 aromatic heterocycles. The zero-order valence-corrected chi connectivity index (χ0v) is 17.3. The Kier molecular flexibility index (Phi) is 8.22. The number of carbonyl (C=O) groups is 2. The van der Waals surface area contributed by atoms with E-state index in [1.54, 1.807) is 31.2 Å². The molecule has 0 saturated heterocycles. The van der Waals surface area contributed by atoms with Gasteiger partial charge >= 0.3 is 11.9 Å². The number of hydrogen-bond donors (Lipinski definition) is 1. The van der Waals surface area contributed by atoms with Gasteiger partial charge in [-0.1, -0.05) is 23.2 Å². The Morgan fingerprint density at radius 2 is 1.67 bits per heavy atom. The third-order valence-corrected chi connectivity index (χ3v) is 5.21. The van der Waals surface area contributed by atoms with Crippen molar-refractivity contribution >= 4 is 67.0 Å². The van der Waals surface area contributed by atoms with E-state index in [1.807, 2.05) is 0 Å². The summed E-state index contributed by atoms with van der Waals surface area (Å²) >= 11 is 17.8. The molecule has 24 heavy (non-hydrogen) atoms. The number of rotatable bonds is 2. The molecule has 0 atom stereocenters. The third kappa shape index (κ3) is 5.48. The van der Waals surface area contributed by atoms with Gasteiger partial charge in [-0.25, -0.2) is 9.59 Å². The number of carboxylic acids is 1. The van der Waals surface area contributed by atoms with Crippen LogP contribution < -0.4 is 0 Å². The molecule has 2 aromatic rings. The molecule has 4 nitrogen and oxygen atoms in total. The van der Waals surface area contributed by atoms with E-state index < -0.39 is 5.97 Å². The lowest BCUT2D eigenvalue weighted by molar-refractivity contribution is 0.0598. The average Bonchev–Trinajstić information content (AvgIpc) is 2.52. The van der Waals surface area contributed by atoms with Crippen molar-refractivity contribution in [1.29, 1.82) is 0 Å². The van der Waals surface area contributed by atoms with Gasteiger partial charge in [0.1, 0.15) is 0 Å². The van der Waals surface area contributed by atoms with Crippen molar-refractivity contribution in [3.05, 3.63) is 66.0 Å². The van der Waals surface area contributed by atoms with Gasteiger partial charge in [-0.3, -0.25) is 0 Å². The van der Waals surface area contributed by atoms with Crippen LogP contribution in [0.3, 0.4) is 0 Å².